The van der Waals surface area contributed by atoms with Gasteiger partial charge in [0.15, 0.2) is 5.78 Å². The van der Waals surface area contributed by atoms with Gasteiger partial charge in [0.25, 0.3) is 0 Å². The molecule has 3 unspecified atom stereocenters. The van der Waals surface area contributed by atoms with Crippen molar-refractivity contribution in [2.75, 3.05) is 6.67 Å². The van der Waals surface area contributed by atoms with E-state index in [2.05, 4.69) is 6.92 Å². The smallest absolute Gasteiger partial charge is 0.185 e. The maximum absolute atomic E-state index is 13.3. The number of nitrogens with zero attached hydrogens (tertiary/aromatic N) is 2. The minimum Gasteiger partial charge on any atom is -0.365 e. The maximum atomic E-state index is 13.3. The SMILES string of the molecule is CCCC(C(=O)c1ccccc1)N1C=CN(C(Cl)C(OCc2ccc(Cl)cc2Cl)c2ccc(Cl)cc2)C1. The van der Waals surface area contributed by atoms with Crippen molar-refractivity contribution in [3.05, 3.63) is 117 Å². The molecule has 3 aromatic carbocycles. The number of carbonyl (C=O) groups is 1. The molecule has 194 valence electrons. The van der Waals surface area contributed by atoms with Gasteiger partial charge in [-0.25, -0.2) is 0 Å². The number of ketones is 1. The molecule has 0 aromatic heterocycles. The van der Waals surface area contributed by atoms with Crippen molar-refractivity contribution in [1.29, 1.82) is 0 Å². The fourth-order valence-corrected chi connectivity index (χ4v) is 5.25. The molecule has 1 heterocycles. The van der Waals surface area contributed by atoms with Crippen LogP contribution in [0.4, 0.5) is 0 Å². The van der Waals surface area contributed by atoms with Crippen molar-refractivity contribution in [1.82, 2.24) is 9.80 Å². The second kappa shape index (κ2) is 13.0. The summed E-state index contributed by atoms with van der Waals surface area (Å²) in [7, 11) is 0. The molecule has 0 amide bonds. The molecule has 3 atom stereocenters. The molecule has 0 spiro atoms. The van der Waals surface area contributed by atoms with Gasteiger partial charge in [-0.15, -0.1) is 0 Å². The van der Waals surface area contributed by atoms with E-state index in [1.165, 1.54) is 0 Å². The number of carbonyl (C=O) groups excluding carboxylic acids is 1. The number of benzene rings is 3. The van der Waals surface area contributed by atoms with Gasteiger partial charge in [0, 0.05) is 33.0 Å². The number of ether oxygens (including phenoxy) is 1. The van der Waals surface area contributed by atoms with E-state index in [1.807, 2.05) is 82.9 Å². The lowest BCUT2D eigenvalue weighted by molar-refractivity contribution is 0.00532. The first-order valence-electron chi connectivity index (χ1n) is 12.1. The van der Waals surface area contributed by atoms with Crippen LogP contribution in [0.25, 0.3) is 0 Å². The Bertz CT molecular complexity index is 1220. The Morgan fingerprint density at radius 2 is 1.59 bits per heavy atom. The van der Waals surface area contributed by atoms with Gasteiger partial charge < -0.3 is 14.5 Å². The van der Waals surface area contributed by atoms with Gasteiger partial charge >= 0.3 is 0 Å². The van der Waals surface area contributed by atoms with Crippen LogP contribution >= 0.6 is 46.4 Å². The molecule has 4 rings (SSSR count). The van der Waals surface area contributed by atoms with Gasteiger partial charge in [-0.3, -0.25) is 4.79 Å². The summed E-state index contributed by atoms with van der Waals surface area (Å²) in [6.07, 6.45) is 4.98. The normalized spacial score (nSPS) is 15.6. The molecule has 4 nitrogen and oxygen atoms in total. The topological polar surface area (TPSA) is 32.8 Å². The molecule has 0 aliphatic carbocycles. The zero-order valence-electron chi connectivity index (χ0n) is 20.4. The second-order valence-corrected chi connectivity index (χ2v) is 10.6. The van der Waals surface area contributed by atoms with Crippen LogP contribution in [0.1, 0.15) is 47.4 Å². The summed E-state index contributed by atoms with van der Waals surface area (Å²) in [5.41, 5.74) is 1.84. The minimum atomic E-state index is -0.553. The fourth-order valence-electron chi connectivity index (χ4n) is 4.31. The summed E-state index contributed by atoms with van der Waals surface area (Å²) in [6, 6.07) is 21.9. The lowest BCUT2D eigenvalue weighted by Gasteiger charge is -2.33. The van der Waals surface area contributed by atoms with Crippen LogP contribution in [0, 0.1) is 0 Å². The molecule has 1 aliphatic rings. The molecule has 0 bridgehead atoms. The summed E-state index contributed by atoms with van der Waals surface area (Å²) >= 11 is 25.6. The lowest BCUT2D eigenvalue weighted by Crippen LogP contribution is -2.42. The Morgan fingerprint density at radius 1 is 0.919 bits per heavy atom. The summed E-state index contributed by atoms with van der Waals surface area (Å²) < 4.78 is 6.35. The van der Waals surface area contributed by atoms with Crippen molar-refractivity contribution in [3.8, 4) is 0 Å². The zero-order chi connectivity index (χ0) is 26.4. The van der Waals surface area contributed by atoms with Gasteiger partial charge in [0.05, 0.1) is 19.3 Å². The highest BCUT2D eigenvalue weighted by Gasteiger charge is 2.33. The third-order valence-corrected chi connectivity index (χ3v) is 7.62. The van der Waals surface area contributed by atoms with E-state index in [0.717, 1.165) is 24.0 Å². The van der Waals surface area contributed by atoms with Crippen LogP contribution in [0.2, 0.25) is 15.1 Å². The van der Waals surface area contributed by atoms with Crippen LogP contribution in [0.5, 0.6) is 0 Å². The number of alkyl halides is 1. The first-order valence-corrected chi connectivity index (χ1v) is 13.7. The number of Topliss-reactive ketones (excluding diaryl/α,β-unsaturated/α-hetero) is 1. The average Bonchev–Trinajstić information content (AvgIpc) is 3.39. The van der Waals surface area contributed by atoms with Crippen molar-refractivity contribution in [2.45, 2.75) is 44.0 Å². The highest BCUT2D eigenvalue weighted by Crippen LogP contribution is 2.33. The predicted octanol–water partition coefficient (Wildman–Crippen LogP) is 8.57. The molecule has 37 heavy (non-hydrogen) atoms. The molecule has 0 saturated carbocycles. The summed E-state index contributed by atoms with van der Waals surface area (Å²) in [5, 5.41) is 1.72. The van der Waals surface area contributed by atoms with Gasteiger partial charge in [0.2, 0.25) is 0 Å². The second-order valence-electron chi connectivity index (χ2n) is 8.89. The summed E-state index contributed by atoms with van der Waals surface area (Å²) in [4.78, 5) is 17.3. The van der Waals surface area contributed by atoms with Crippen molar-refractivity contribution in [3.63, 3.8) is 0 Å². The highest BCUT2D eigenvalue weighted by molar-refractivity contribution is 6.35. The van der Waals surface area contributed by atoms with E-state index in [9.17, 15) is 4.79 Å². The van der Waals surface area contributed by atoms with Crippen molar-refractivity contribution in [2.24, 2.45) is 0 Å². The monoisotopic (exact) mass is 576 g/mol. The number of rotatable bonds is 11. The van der Waals surface area contributed by atoms with E-state index in [0.29, 0.717) is 27.3 Å². The number of halogens is 4. The van der Waals surface area contributed by atoms with Gasteiger partial charge in [-0.05, 0) is 41.8 Å². The van der Waals surface area contributed by atoms with E-state index in [1.54, 1.807) is 12.1 Å². The van der Waals surface area contributed by atoms with Gasteiger partial charge in [0.1, 0.15) is 11.6 Å². The van der Waals surface area contributed by atoms with Crippen molar-refractivity contribution < 1.29 is 9.53 Å². The Kier molecular flexibility index (Phi) is 9.80. The molecule has 8 heteroatoms. The molecule has 0 fully saturated rings. The largest absolute Gasteiger partial charge is 0.365 e. The van der Waals surface area contributed by atoms with Crippen molar-refractivity contribution >= 4 is 52.2 Å². The van der Waals surface area contributed by atoms with Crippen LogP contribution in [-0.2, 0) is 11.3 Å². The van der Waals surface area contributed by atoms with E-state index in [4.69, 9.17) is 51.1 Å². The standard InChI is InChI=1S/C29H28Cl4N2O2/c1-2-6-26(27(36)20-7-4-3-5-8-20)34-15-16-35(19-34)29(33)28(21-9-12-23(30)13-10-21)37-18-22-11-14-24(31)17-25(22)32/h3-5,7-17,26,28-29H,2,6,18-19H2,1H3. The first-order chi connectivity index (χ1) is 17.9. The van der Waals surface area contributed by atoms with Crippen LogP contribution < -0.4 is 0 Å². The minimum absolute atomic E-state index is 0.1000. The molecular weight excluding hydrogens is 550 g/mol. The van der Waals surface area contributed by atoms with Crippen LogP contribution in [0.3, 0.4) is 0 Å². The Hall–Kier alpha value is -2.21. The van der Waals surface area contributed by atoms with Crippen LogP contribution in [0.15, 0.2) is 85.2 Å². The van der Waals surface area contributed by atoms with Gasteiger partial charge in [-0.1, -0.05) is 108 Å². The zero-order valence-corrected chi connectivity index (χ0v) is 23.4. The predicted molar refractivity (Wildman–Crippen MR) is 152 cm³/mol. The Morgan fingerprint density at radius 3 is 2.27 bits per heavy atom. The fraction of sp³-hybridized carbons (Fsp3) is 0.276. The van der Waals surface area contributed by atoms with Crippen LogP contribution in [-0.4, -0.2) is 33.8 Å². The maximum Gasteiger partial charge on any atom is 0.185 e. The quantitative estimate of drug-likeness (QED) is 0.130. The van der Waals surface area contributed by atoms with E-state index >= 15 is 0 Å². The number of hydrogen-bond acceptors (Lipinski definition) is 4. The average molecular weight is 578 g/mol. The Balaban J connectivity index is 1.51. The molecule has 0 radical (unpaired) electrons. The third-order valence-electron chi connectivity index (χ3n) is 6.30. The molecular formula is C29H28Cl4N2O2. The first kappa shape index (κ1) is 27.8. The number of hydrogen-bond donors (Lipinski definition) is 0. The summed E-state index contributed by atoms with van der Waals surface area (Å²) in [6.45, 7) is 2.80. The van der Waals surface area contributed by atoms with E-state index in [-0.39, 0.29) is 18.4 Å². The molecule has 3 aromatic rings. The Labute approximate surface area is 238 Å². The summed E-state index contributed by atoms with van der Waals surface area (Å²) in [5.74, 6) is 0.1000. The van der Waals surface area contributed by atoms with Gasteiger partial charge in [-0.2, -0.15) is 0 Å². The molecule has 1 aliphatic heterocycles. The molecule has 0 saturated heterocycles. The third kappa shape index (κ3) is 7.01. The molecule has 0 N–H and O–H groups in total. The lowest BCUT2D eigenvalue weighted by atomic mass is 9.99. The van der Waals surface area contributed by atoms with E-state index < -0.39 is 11.6 Å². The highest BCUT2D eigenvalue weighted by atomic mass is 35.5.